The second-order valence-corrected chi connectivity index (χ2v) is 6.56. The highest BCUT2D eigenvalue weighted by Gasteiger charge is 2.21. The molecule has 0 aliphatic carbocycles. The molecule has 0 radical (unpaired) electrons. The Morgan fingerprint density at radius 3 is 3.00 bits per heavy atom. The van der Waals surface area contributed by atoms with E-state index in [9.17, 15) is 4.79 Å². The number of H-pyrrole nitrogens is 1. The van der Waals surface area contributed by atoms with Crippen LogP contribution in [0.3, 0.4) is 0 Å². The van der Waals surface area contributed by atoms with E-state index in [2.05, 4.69) is 52.8 Å². The van der Waals surface area contributed by atoms with Gasteiger partial charge in [0.1, 0.15) is 0 Å². The third-order valence-electron chi connectivity index (χ3n) is 4.93. The van der Waals surface area contributed by atoms with Gasteiger partial charge in [0.2, 0.25) is 5.91 Å². The van der Waals surface area contributed by atoms with E-state index in [-0.39, 0.29) is 5.91 Å². The molecule has 1 aliphatic heterocycles. The van der Waals surface area contributed by atoms with Gasteiger partial charge in [0, 0.05) is 48.8 Å². The quantitative estimate of drug-likeness (QED) is 0.701. The molecular weight excluding hydrogens is 310 g/mol. The van der Waals surface area contributed by atoms with E-state index in [0.717, 1.165) is 37.1 Å². The van der Waals surface area contributed by atoms with Gasteiger partial charge in [-0.2, -0.15) is 0 Å². The van der Waals surface area contributed by atoms with Crippen molar-refractivity contribution >= 4 is 22.5 Å². The first-order valence-electron chi connectivity index (χ1n) is 8.97. The van der Waals surface area contributed by atoms with Gasteiger partial charge in [-0.3, -0.25) is 4.79 Å². The Bertz CT molecular complexity index is 883. The minimum atomic E-state index is 0.208. The number of nitrogens with zero attached hydrogens (tertiary/aromatic N) is 1. The topological polar surface area (TPSA) is 48.1 Å². The van der Waals surface area contributed by atoms with Gasteiger partial charge in [0.25, 0.3) is 0 Å². The Hall–Kier alpha value is -2.59. The lowest BCUT2D eigenvalue weighted by Gasteiger charge is -2.29. The normalized spacial score (nSPS) is 13.8. The minimum Gasteiger partial charge on any atom is -0.361 e. The maximum absolute atomic E-state index is 12.6. The lowest BCUT2D eigenvalue weighted by molar-refractivity contribution is -0.118. The van der Waals surface area contributed by atoms with Crippen molar-refractivity contribution in [3.63, 3.8) is 0 Å². The van der Waals surface area contributed by atoms with E-state index in [1.165, 1.54) is 16.5 Å². The zero-order valence-corrected chi connectivity index (χ0v) is 14.3. The molecule has 1 aromatic heterocycles. The number of aromatic nitrogens is 1. The SMILES string of the molecule is O=C(CCNCc1cccc2[nH]ccc12)N1CCCc2ccccc21. The molecule has 0 saturated heterocycles. The van der Waals surface area contributed by atoms with Crippen molar-refractivity contribution in [2.24, 2.45) is 0 Å². The van der Waals surface area contributed by atoms with Gasteiger partial charge in [-0.25, -0.2) is 0 Å². The van der Waals surface area contributed by atoms with Gasteiger partial charge in [0.15, 0.2) is 0 Å². The van der Waals surface area contributed by atoms with Crippen molar-refractivity contribution < 1.29 is 4.79 Å². The summed E-state index contributed by atoms with van der Waals surface area (Å²) in [7, 11) is 0. The standard InChI is InChI=1S/C21H23N3O/c25-21(24-14-4-7-16-5-1-2-9-20(16)24)11-12-22-15-17-6-3-8-19-18(17)10-13-23-19/h1-3,5-6,8-10,13,22-23H,4,7,11-12,14-15H2. The summed E-state index contributed by atoms with van der Waals surface area (Å²) in [5.41, 5.74) is 4.79. The first-order valence-corrected chi connectivity index (χ1v) is 8.97. The zero-order valence-electron chi connectivity index (χ0n) is 14.3. The molecule has 25 heavy (non-hydrogen) atoms. The number of aryl methyl sites for hydroxylation is 1. The van der Waals surface area contributed by atoms with E-state index < -0.39 is 0 Å². The first kappa shape index (κ1) is 15.9. The van der Waals surface area contributed by atoms with Crippen LogP contribution < -0.4 is 10.2 Å². The predicted octanol–water partition coefficient (Wildman–Crippen LogP) is 3.63. The third-order valence-corrected chi connectivity index (χ3v) is 4.93. The molecule has 0 bridgehead atoms. The zero-order chi connectivity index (χ0) is 17.1. The van der Waals surface area contributed by atoms with E-state index in [1.807, 2.05) is 17.2 Å². The van der Waals surface area contributed by atoms with Crippen LogP contribution in [0.2, 0.25) is 0 Å². The minimum absolute atomic E-state index is 0.208. The summed E-state index contributed by atoms with van der Waals surface area (Å²) < 4.78 is 0. The van der Waals surface area contributed by atoms with Crippen LogP contribution in [0.4, 0.5) is 5.69 Å². The van der Waals surface area contributed by atoms with Gasteiger partial charge in [-0.05, 0) is 42.2 Å². The van der Waals surface area contributed by atoms with Crippen LogP contribution in [-0.4, -0.2) is 24.0 Å². The summed E-state index contributed by atoms with van der Waals surface area (Å²) in [5, 5.41) is 4.66. The van der Waals surface area contributed by atoms with Crippen molar-refractivity contribution in [2.75, 3.05) is 18.0 Å². The number of carbonyl (C=O) groups is 1. The van der Waals surface area contributed by atoms with E-state index in [0.29, 0.717) is 13.0 Å². The molecule has 4 rings (SSSR count). The number of carbonyl (C=O) groups excluding carboxylic acids is 1. The molecule has 0 unspecified atom stereocenters. The largest absolute Gasteiger partial charge is 0.361 e. The summed E-state index contributed by atoms with van der Waals surface area (Å²) >= 11 is 0. The van der Waals surface area contributed by atoms with Crippen molar-refractivity contribution in [1.82, 2.24) is 10.3 Å². The summed E-state index contributed by atoms with van der Waals surface area (Å²) in [6, 6.07) is 16.6. The summed E-state index contributed by atoms with van der Waals surface area (Å²) in [6.07, 6.45) is 4.60. The van der Waals surface area contributed by atoms with Gasteiger partial charge >= 0.3 is 0 Å². The maximum atomic E-state index is 12.6. The van der Waals surface area contributed by atoms with Crippen LogP contribution in [0.25, 0.3) is 10.9 Å². The average molecular weight is 333 g/mol. The fraction of sp³-hybridized carbons (Fsp3) is 0.286. The first-order chi connectivity index (χ1) is 12.3. The monoisotopic (exact) mass is 333 g/mol. The Morgan fingerprint density at radius 1 is 1.12 bits per heavy atom. The van der Waals surface area contributed by atoms with Gasteiger partial charge in [-0.1, -0.05) is 30.3 Å². The van der Waals surface area contributed by atoms with Crippen molar-refractivity contribution in [3.8, 4) is 0 Å². The number of amides is 1. The molecule has 4 heteroatoms. The lowest BCUT2D eigenvalue weighted by Crippen LogP contribution is -2.37. The molecule has 3 aromatic rings. The smallest absolute Gasteiger partial charge is 0.228 e. The van der Waals surface area contributed by atoms with E-state index in [1.54, 1.807) is 0 Å². The predicted molar refractivity (Wildman–Crippen MR) is 102 cm³/mol. The van der Waals surface area contributed by atoms with Crippen LogP contribution in [0.5, 0.6) is 0 Å². The number of hydrogen-bond acceptors (Lipinski definition) is 2. The lowest BCUT2D eigenvalue weighted by atomic mass is 10.0. The number of aromatic amines is 1. The summed E-state index contributed by atoms with van der Waals surface area (Å²) in [6.45, 7) is 2.30. The maximum Gasteiger partial charge on any atom is 0.228 e. The average Bonchev–Trinajstić information content (AvgIpc) is 3.14. The highest BCUT2D eigenvalue weighted by molar-refractivity contribution is 5.94. The molecule has 1 amide bonds. The molecule has 4 nitrogen and oxygen atoms in total. The molecule has 2 heterocycles. The van der Waals surface area contributed by atoms with Crippen LogP contribution in [-0.2, 0) is 17.8 Å². The number of hydrogen-bond donors (Lipinski definition) is 2. The van der Waals surface area contributed by atoms with Crippen LogP contribution in [0.15, 0.2) is 54.7 Å². The number of benzene rings is 2. The highest BCUT2D eigenvalue weighted by Crippen LogP contribution is 2.27. The van der Waals surface area contributed by atoms with Gasteiger partial charge < -0.3 is 15.2 Å². The molecule has 0 atom stereocenters. The van der Waals surface area contributed by atoms with Crippen LogP contribution in [0.1, 0.15) is 24.0 Å². The fourth-order valence-corrected chi connectivity index (χ4v) is 3.65. The second-order valence-electron chi connectivity index (χ2n) is 6.56. The molecule has 1 aliphatic rings. The fourth-order valence-electron chi connectivity index (χ4n) is 3.65. The molecule has 0 spiro atoms. The van der Waals surface area contributed by atoms with Crippen molar-refractivity contribution in [1.29, 1.82) is 0 Å². The highest BCUT2D eigenvalue weighted by atomic mass is 16.2. The van der Waals surface area contributed by atoms with Crippen LogP contribution >= 0.6 is 0 Å². The van der Waals surface area contributed by atoms with Gasteiger partial charge in [0.05, 0.1) is 0 Å². The number of nitrogens with one attached hydrogen (secondary N) is 2. The summed E-state index contributed by atoms with van der Waals surface area (Å²) in [4.78, 5) is 17.8. The van der Waals surface area contributed by atoms with Crippen LogP contribution in [0, 0.1) is 0 Å². The molecular formula is C21H23N3O. The molecule has 2 N–H and O–H groups in total. The molecule has 128 valence electrons. The van der Waals surface area contributed by atoms with Crippen molar-refractivity contribution in [3.05, 3.63) is 65.9 Å². The number of anilines is 1. The van der Waals surface area contributed by atoms with E-state index in [4.69, 9.17) is 0 Å². The molecule has 2 aromatic carbocycles. The number of para-hydroxylation sites is 1. The number of fused-ring (bicyclic) bond motifs is 2. The Labute approximate surface area is 147 Å². The number of rotatable bonds is 5. The second kappa shape index (κ2) is 7.11. The third kappa shape index (κ3) is 3.30. The Morgan fingerprint density at radius 2 is 2.04 bits per heavy atom. The Kier molecular flexibility index (Phi) is 4.53. The molecule has 0 fully saturated rings. The Balaban J connectivity index is 1.33. The van der Waals surface area contributed by atoms with Gasteiger partial charge in [-0.15, -0.1) is 0 Å². The summed E-state index contributed by atoms with van der Waals surface area (Å²) in [5.74, 6) is 0.208. The molecule has 0 saturated carbocycles. The van der Waals surface area contributed by atoms with Crippen molar-refractivity contribution in [2.45, 2.75) is 25.8 Å². The van der Waals surface area contributed by atoms with E-state index >= 15 is 0 Å².